The van der Waals surface area contributed by atoms with E-state index in [4.69, 9.17) is 5.21 Å². The minimum Gasteiger partial charge on any atom is -0.411 e. The van der Waals surface area contributed by atoms with Gasteiger partial charge in [0.1, 0.15) is 5.69 Å². The molecule has 4 heteroatoms. The van der Waals surface area contributed by atoms with Gasteiger partial charge in [0.25, 0.3) is 0 Å². The van der Waals surface area contributed by atoms with Gasteiger partial charge in [0, 0.05) is 17.3 Å². The second-order valence-corrected chi connectivity index (χ2v) is 5.01. The molecule has 0 aliphatic carbocycles. The Morgan fingerprint density at radius 3 is 2.45 bits per heavy atom. The molecule has 110 valence electrons. The summed E-state index contributed by atoms with van der Waals surface area (Å²) in [6.07, 6.45) is 4.28. The van der Waals surface area contributed by atoms with E-state index in [1.54, 1.807) is 4.68 Å². The highest BCUT2D eigenvalue weighted by Gasteiger charge is 2.11. The lowest BCUT2D eigenvalue weighted by Gasteiger charge is -2.01. The maximum Gasteiger partial charge on any atom is 0.102 e. The highest BCUT2D eigenvalue weighted by molar-refractivity contribution is 5.88. The van der Waals surface area contributed by atoms with Crippen LogP contribution in [0.15, 0.2) is 65.9 Å². The van der Waals surface area contributed by atoms with Crippen LogP contribution in [0.2, 0.25) is 0 Å². The van der Waals surface area contributed by atoms with E-state index >= 15 is 0 Å². The zero-order valence-electron chi connectivity index (χ0n) is 12.3. The predicted octanol–water partition coefficient (Wildman–Crippen LogP) is 3.91. The summed E-state index contributed by atoms with van der Waals surface area (Å²) in [7, 11) is 0. The third-order valence-electron chi connectivity index (χ3n) is 3.60. The molecule has 0 aliphatic heterocycles. The number of hydrogen-bond acceptors (Lipinski definition) is 3. The van der Waals surface area contributed by atoms with Gasteiger partial charge in [-0.25, -0.2) is 4.68 Å². The smallest absolute Gasteiger partial charge is 0.102 e. The molecule has 0 radical (unpaired) electrons. The van der Waals surface area contributed by atoms with Crippen LogP contribution in [0, 0.1) is 0 Å². The zero-order chi connectivity index (χ0) is 15.4. The van der Waals surface area contributed by atoms with Gasteiger partial charge in [-0.3, -0.25) is 0 Å². The largest absolute Gasteiger partial charge is 0.411 e. The summed E-state index contributed by atoms with van der Waals surface area (Å²) >= 11 is 0. The van der Waals surface area contributed by atoms with Crippen LogP contribution in [0.5, 0.6) is 0 Å². The number of nitrogens with zero attached hydrogens (tertiary/aromatic N) is 3. The SMILES string of the molecule is CCc1ccc(-c2nn(-c3ccccc3)cc2C=NO)cc1. The Hall–Kier alpha value is -2.88. The lowest BCUT2D eigenvalue weighted by molar-refractivity contribution is 0.322. The molecule has 22 heavy (non-hydrogen) atoms. The number of aryl methyl sites for hydroxylation is 1. The number of benzene rings is 2. The number of aromatic nitrogens is 2. The van der Waals surface area contributed by atoms with Crippen LogP contribution in [-0.2, 0) is 6.42 Å². The van der Waals surface area contributed by atoms with E-state index in [2.05, 4.69) is 29.3 Å². The molecule has 1 N–H and O–H groups in total. The van der Waals surface area contributed by atoms with Crippen LogP contribution in [0.25, 0.3) is 16.9 Å². The number of para-hydroxylation sites is 1. The van der Waals surface area contributed by atoms with Gasteiger partial charge in [-0.05, 0) is 24.1 Å². The standard InChI is InChI=1S/C18H17N3O/c1-2-14-8-10-15(11-9-14)18-16(12-19-22)13-21(20-18)17-6-4-3-5-7-17/h3-13,22H,2H2,1H3. The van der Waals surface area contributed by atoms with E-state index in [1.807, 2.05) is 48.7 Å². The second-order valence-electron chi connectivity index (χ2n) is 5.01. The van der Waals surface area contributed by atoms with Crippen LogP contribution in [0.1, 0.15) is 18.1 Å². The highest BCUT2D eigenvalue weighted by atomic mass is 16.4. The first-order valence-corrected chi connectivity index (χ1v) is 7.23. The van der Waals surface area contributed by atoms with E-state index in [-0.39, 0.29) is 0 Å². The third-order valence-corrected chi connectivity index (χ3v) is 3.60. The monoisotopic (exact) mass is 291 g/mol. The molecule has 3 aromatic rings. The molecule has 3 rings (SSSR count). The second kappa shape index (κ2) is 6.26. The average Bonchev–Trinajstić information content (AvgIpc) is 3.00. The molecule has 0 fully saturated rings. The van der Waals surface area contributed by atoms with Gasteiger partial charge in [0.2, 0.25) is 0 Å². The van der Waals surface area contributed by atoms with Crippen molar-refractivity contribution in [2.24, 2.45) is 5.16 Å². The maximum atomic E-state index is 8.89. The van der Waals surface area contributed by atoms with Crippen molar-refractivity contribution in [2.45, 2.75) is 13.3 Å². The van der Waals surface area contributed by atoms with Gasteiger partial charge in [-0.15, -0.1) is 0 Å². The fourth-order valence-corrected chi connectivity index (χ4v) is 2.38. The molecule has 2 aromatic carbocycles. The van der Waals surface area contributed by atoms with Gasteiger partial charge in [0.15, 0.2) is 0 Å². The molecule has 0 saturated heterocycles. The van der Waals surface area contributed by atoms with Crippen LogP contribution in [-0.4, -0.2) is 21.2 Å². The molecule has 0 atom stereocenters. The quantitative estimate of drug-likeness (QED) is 0.450. The van der Waals surface area contributed by atoms with Crippen molar-refractivity contribution in [3.05, 3.63) is 71.9 Å². The summed E-state index contributed by atoms with van der Waals surface area (Å²) in [5.74, 6) is 0. The van der Waals surface area contributed by atoms with Crippen molar-refractivity contribution in [3.8, 4) is 16.9 Å². The Morgan fingerprint density at radius 2 is 1.82 bits per heavy atom. The van der Waals surface area contributed by atoms with E-state index in [1.165, 1.54) is 11.8 Å². The van der Waals surface area contributed by atoms with Crippen molar-refractivity contribution in [3.63, 3.8) is 0 Å². The van der Waals surface area contributed by atoms with Gasteiger partial charge in [-0.1, -0.05) is 54.5 Å². The molecule has 1 heterocycles. The van der Waals surface area contributed by atoms with Crippen molar-refractivity contribution in [1.29, 1.82) is 0 Å². The average molecular weight is 291 g/mol. The number of rotatable bonds is 4. The van der Waals surface area contributed by atoms with Crippen LogP contribution < -0.4 is 0 Å². The lowest BCUT2D eigenvalue weighted by Crippen LogP contribution is -1.94. The Kier molecular flexibility index (Phi) is 4.01. The van der Waals surface area contributed by atoms with Crippen molar-refractivity contribution < 1.29 is 5.21 Å². The fourth-order valence-electron chi connectivity index (χ4n) is 2.38. The first kappa shape index (κ1) is 14.1. The molecule has 0 bridgehead atoms. The Bertz CT molecular complexity index is 774. The molecular formula is C18H17N3O. The molecular weight excluding hydrogens is 274 g/mol. The molecule has 0 saturated carbocycles. The van der Waals surface area contributed by atoms with Gasteiger partial charge < -0.3 is 5.21 Å². The summed E-state index contributed by atoms with van der Waals surface area (Å²) in [5.41, 5.74) is 4.82. The Labute approximate surface area is 129 Å². The van der Waals surface area contributed by atoms with E-state index in [9.17, 15) is 0 Å². The van der Waals surface area contributed by atoms with Crippen molar-refractivity contribution >= 4 is 6.21 Å². The third kappa shape index (κ3) is 2.76. The minimum absolute atomic E-state index is 0.774. The first-order valence-electron chi connectivity index (χ1n) is 7.23. The van der Waals surface area contributed by atoms with Gasteiger partial charge in [0.05, 0.1) is 11.9 Å². The molecule has 0 amide bonds. The van der Waals surface area contributed by atoms with Crippen LogP contribution in [0.3, 0.4) is 0 Å². The summed E-state index contributed by atoms with van der Waals surface area (Å²) in [5, 5.41) is 16.7. The normalized spacial score (nSPS) is 11.1. The molecule has 4 nitrogen and oxygen atoms in total. The lowest BCUT2D eigenvalue weighted by atomic mass is 10.1. The first-order chi connectivity index (χ1) is 10.8. The van der Waals surface area contributed by atoms with E-state index in [0.717, 1.165) is 28.9 Å². The van der Waals surface area contributed by atoms with Crippen LogP contribution in [0.4, 0.5) is 0 Å². The molecule has 1 aromatic heterocycles. The van der Waals surface area contributed by atoms with Crippen molar-refractivity contribution in [1.82, 2.24) is 9.78 Å². The van der Waals surface area contributed by atoms with E-state index in [0.29, 0.717) is 0 Å². The molecule has 0 unspecified atom stereocenters. The topological polar surface area (TPSA) is 50.4 Å². The van der Waals surface area contributed by atoms with Gasteiger partial charge >= 0.3 is 0 Å². The van der Waals surface area contributed by atoms with E-state index < -0.39 is 0 Å². The molecule has 0 aliphatic rings. The van der Waals surface area contributed by atoms with Crippen molar-refractivity contribution in [2.75, 3.05) is 0 Å². The Balaban J connectivity index is 2.07. The summed E-state index contributed by atoms with van der Waals surface area (Å²) in [6.45, 7) is 2.13. The number of oxime groups is 1. The molecule has 0 spiro atoms. The number of hydrogen-bond donors (Lipinski definition) is 1. The highest BCUT2D eigenvalue weighted by Crippen LogP contribution is 2.23. The zero-order valence-corrected chi connectivity index (χ0v) is 12.3. The van der Waals surface area contributed by atoms with Gasteiger partial charge in [-0.2, -0.15) is 5.10 Å². The summed E-state index contributed by atoms with van der Waals surface area (Å²) in [6, 6.07) is 18.1. The minimum atomic E-state index is 0.774. The fraction of sp³-hybridized carbons (Fsp3) is 0.111. The summed E-state index contributed by atoms with van der Waals surface area (Å²) < 4.78 is 1.79. The Morgan fingerprint density at radius 1 is 1.09 bits per heavy atom. The predicted molar refractivity (Wildman–Crippen MR) is 87.8 cm³/mol. The maximum absolute atomic E-state index is 8.89. The van der Waals surface area contributed by atoms with Crippen LogP contribution >= 0.6 is 0 Å². The summed E-state index contributed by atoms with van der Waals surface area (Å²) in [4.78, 5) is 0.